The number of carboxylic acid groups (broad SMARTS) is 1. The van der Waals surface area contributed by atoms with Gasteiger partial charge in [0.2, 0.25) is 0 Å². The molecule has 0 saturated carbocycles. The topological polar surface area (TPSA) is 92.4 Å². The van der Waals surface area contributed by atoms with Gasteiger partial charge in [0, 0.05) is 6.54 Å². The summed E-state index contributed by atoms with van der Waals surface area (Å²) in [5.41, 5.74) is 5.51. The van der Waals surface area contributed by atoms with E-state index in [1.165, 1.54) is 0 Å². The quantitative estimate of drug-likeness (QED) is 0.673. The summed E-state index contributed by atoms with van der Waals surface area (Å²) < 4.78 is 0. The third kappa shape index (κ3) is 3.30. The van der Waals surface area contributed by atoms with Crippen LogP contribution in [0.1, 0.15) is 11.5 Å². The highest BCUT2D eigenvalue weighted by Gasteiger charge is 2.19. The Labute approximate surface area is 86.9 Å². The van der Waals surface area contributed by atoms with Crippen LogP contribution >= 0.6 is 0 Å². The Balaban J connectivity index is 2.75. The number of rotatable bonds is 4. The van der Waals surface area contributed by atoms with Crippen molar-refractivity contribution in [1.82, 2.24) is 5.32 Å². The Morgan fingerprint density at radius 2 is 1.93 bits per heavy atom. The number of primary amides is 1. The van der Waals surface area contributed by atoms with E-state index in [9.17, 15) is 9.59 Å². The first-order chi connectivity index (χ1) is 7.11. The third-order valence-electron chi connectivity index (χ3n) is 1.98. The molecule has 0 bridgehead atoms. The van der Waals surface area contributed by atoms with E-state index in [1.807, 2.05) is 0 Å². The van der Waals surface area contributed by atoms with E-state index < -0.39 is 17.9 Å². The fourth-order valence-corrected chi connectivity index (χ4v) is 1.24. The van der Waals surface area contributed by atoms with Crippen LogP contribution in [0.25, 0.3) is 0 Å². The standard InChI is InChI=1S/C10H12N2O3/c11-10(15)12-6-8(9(13)14)7-4-2-1-3-5-7/h1-5,8H,6H2,(H,13,14)(H3,11,12,15). The fraction of sp³-hybridized carbons (Fsp3) is 0.200. The summed E-state index contributed by atoms with van der Waals surface area (Å²) >= 11 is 0. The third-order valence-corrected chi connectivity index (χ3v) is 1.98. The lowest BCUT2D eigenvalue weighted by molar-refractivity contribution is -0.138. The maximum absolute atomic E-state index is 10.9. The van der Waals surface area contributed by atoms with E-state index in [-0.39, 0.29) is 6.54 Å². The van der Waals surface area contributed by atoms with Crippen molar-refractivity contribution in [3.63, 3.8) is 0 Å². The first-order valence-electron chi connectivity index (χ1n) is 4.42. The van der Waals surface area contributed by atoms with Gasteiger partial charge in [0.15, 0.2) is 0 Å². The number of carbonyl (C=O) groups is 2. The number of hydrogen-bond acceptors (Lipinski definition) is 2. The average Bonchev–Trinajstić information content (AvgIpc) is 2.18. The molecule has 0 fully saturated rings. The Morgan fingerprint density at radius 3 is 2.40 bits per heavy atom. The Hall–Kier alpha value is -2.04. The van der Waals surface area contributed by atoms with Crippen molar-refractivity contribution in [1.29, 1.82) is 0 Å². The number of amides is 2. The molecule has 0 aliphatic carbocycles. The van der Waals surface area contributed by atoms with Gasteiger partial charge < -0.3 is 16.2 Å². The molecule has 0 aromatic heterocycles. The van der Waals surface area contributed by atoms with Crippen molar-refractivity contribution < 1.29 is 14.7 Å². The highest BCUT2D eigenvalue weighted by molar-refractivity contribution is 5.78. The summed E-state index contributed by atoms with van der Waals surface area (Å²) in [5.74, 6) is -1.76. The van der Waals surface area contributed by atoms with Crippen LogP contribution in [-0.4, -0.2) is 23.7 Å². The van der Waals surface area contributed by atoms with Crippen LogP contribution in [0, 0.1) is 0 Å². The molecule has 0 heterocycles. The van der Waals surface area contributed by atoms with Crippen LogP contribution in [0.4, 0.5) is 4.79 Å². The van der Waals surface area contributed by atoms with Gasteiger partial charge in [-0.1, -0.05) is 30.3 Å². The molecule has 1 aromatic rings. The normalized spacial score (nSPS) is 11.7. The van der Waals surface area contributed by atoms with Crippen molar-refractivity contribution in [2.45, 2.75) is 5.92 Å². The minimum Gasteiger partial charge on any atom is -0.481 e. The van der Waals surface area contributed by atoms with Crippen molar-refractivity contribution in [3.8, 4) is 0 Å². The van der Waals surface area contributed by atoms with E-state index in [4.69, 9.17) is 10.8 Å². The maximum Gasteiger partial charge on any atom is 0.312 e. The van der Waals surface area contributed by atoms with Crippen molar-refractivity contribution in [3.05, 3.63) is 35.9 Å². The second kappa shape index (κ2) is 4.99. The van der Waals surface area contributed by atoms with Gasteiger partial charge >= 0.3 is 12.0 Å². The predicted octanol–water partition coefficient (Wildman–Crippen LogP) is 0.523. The largest absolute Gasteiger partial charge is 0.481 e. The molecule has 15 heavy (non-hydrogen) atoms. The van der Waals surface area contributed by atoms with Crippen LogP contribution in [0.2, 0.25) is 0 Å². The highest BCUT2D eigenvalue weighted by atomic mass is 16.4. The Bertz CT molecular complexity index is 351. The molecule has 0 radical (unpaired) electrons. The number of nitrogens with two attached hydrogens (primary N) is 1. The maximum atomic E-state index is 10.9. The molecule has 2 amide bonds. The summed E-state index contributed by atoms with van der Waals surface area (Å²) in [6.45, 7) is -0.00528. The summed E-state index contributed by atoms with van der Waals surface area (Å²) in [6.07, 6.45) is 0. The van der Waals surface area contributed by atoms with Gasteiger partial charge in [0.25, 0.3) is 0 Å². The summed E-state index contributed by atoms with van der Waals surface area (Å²) in [7, 11) is 0. The zero-order chi connectivity index (χ0) is 11.3. The molecule has 80 valence electrons. The number of hydrogen-bond donors (Lipinski definition) is 3. The second-order valence-electron chi connectivity index (χ2n) is 3.05. The molecule has 5 nitrogen and oxygen atoms in total. The molecule has 4 N–H and O–H groups in total. The number of urea groups is 1. The average molecular weight is 208 g/mol. The molecule has 0 saturated heterocycles. The van der Waals surface area contributed by atoms with Gasteiger partial charge in [-0.3, -0.25) is 4.79 Å². The van der Waals surface area contributed by atoms with Crippen LogP contribution in [0.3, 0.4) is 0 Å². The Morgan fingerprint density at radius 1 is 1.33 bits per heavy atom. The second-order valence-corrected chi connectivity index (χ2v) is 3.05. The molecule has 1 aromatic carbocycles. The van der Waals surface area contributed by atoms with Gasteiger partial charge in [-0.15, -0.1) is 0 Å². The summed E-state index contributed by atoms with van der Waals surface area (Å²) in [6, 6.07) is 7.95. The minimum atomic E-state index is -0.991. The fourth-order valence-electron chi connectivity index (χ4n) is 1.24. The zero-order valence-corrected chi connectivity index (χ0v) is 8.01. The molecular weight excluding hydrogens is 196 g/mol. The van der Waals surface area contributed by atoms with Crippen molar-refractivity contribution >= 4 is 12.0 Å². The number of nitrogens with one attached hydrogen (secondary N) is 1. The number of carbonyl (C=O) groups excluding carboxylic acids is 1. The molecule has 5 heteroatoms. The van der Waals surface area contributed by atoms with Gasteiger partial charge in [-0.2, -0.15) is 0 Å². The van der Waals surface area contributed by atoms with Gasteiger partial charge in [0.05, 0.1) is 5.92 Å². The molecule has 1 rings (SSSR count). The minimum absolute atomic E-state index is 0.00528. The SMILES string of the molecule is NC(=O)NCC(C(=O)O)c1ccccc1. The van der Waals surface area contributed by atoms with E-state index >= 15 is 0 Å². The Kier molecular flexibility index (Phi) is 3.68. The molecule has 0 aliphatic heterocycles. The zero-order valence-electron chi connectivity index (χ0n) is 8.01. The summed E-state index contributed by atoms with van der Waals surface area (Å²) in [4.78, 5) is 21.4. The summed E-state index contributed by atoms with van der Waals surface area (Å²) in [5, 5.41) is 11.2. The molecule has 0 spiro atoms. The lowest BCUT2D eigenvalue weighted by Gasteiger charge is -2.12. The molecule has 1 atom stereocenters. The first-order valence-corrected chi connectivity index (χ1v) is 4.42. The van der Waals surface area contributed by atoms with Gasteiger partial charge in [0.1, 0.15) is 0 Å². The van der Waals surface area contributed by atoms with Crippen molar-refractivity contribution in [2.75, 3.05) is 6.54 Å². The van der Waals surface area contributed by atoms with Crippen LogP contribution in [0.15, 0.2) is 30.3 Å². The lowest BCUT2D eigenvalue weighted by Crippen LogP contribution is -2.35. The van der Waals surface area contributed by atoms with Crippen LogP contribution in [0.5, 0.6) is 0 Å². The van der Waals surface area contributed by atoms with Gasteiger partial charge in [-0.25, -0.2) is 4.79 Å². The van der Waals surface area contributed by atoms with Crippen molar-refractivity contribution in [2.24, 2.45) is 5.73 Å². The highest BCUT2D eigenvalue weighted by Crippen LogP contribution is 2.14. The van der Waals surface area contributed by atoms with E-state index in [0.717, 1.165) is 0 Å². The first kappa shape index (κ1) is 11.0. The number of benzene rings is 1. The predicted molar refractivity (Wildman–Crippen MR) is 54.4 cm³/mol. The van der Waals surface area contributed by atoms with Gasteiger partial charge in [-0.05, 0) is 5.56 Å². The smallest absolute Gasteiger partial charge is 0.312 e. The monoisotopic (exact) mass is 208 g/mol. The lowest BCUT2D eigenvalue weighted by atomic mass is 9.99. The number of carboxylic acids is 1. The van der Waals surface area contributed by atoms with Crippen LogP contribution < -0.4 is 11.1 Å². The van der Waals surface area contributed by atoms with E-state index in [1.54, 1.807) is 30.3 Å². The molecular formula is C10H12N2O3. The molecule has 0 aliphatic rings. The molecule has 1 unspecified atom stereocenters. The van der Waals surface area contributed by atoms with Crippen LogP contribution in [-0.2, 0) is 4.79 Å². The number of aliphatic carboxylic acids is 1. The van der Waals surface area contributed by atoms with E-state index in [2.05, 4.69) is 5.32 Å². The van der Waals surface area contributed by atoms with E-state index in [0.29, 0.717) is 5.56 Å².